The third-order valence-electron chi connectivity index (χ3n) is 3.55. The third-order valence-corrected chi connectivity index (χ3v) is 5.02. The largest absolute Gasteiger partial charge is 0.341 e. The first-order chi connectivity index (χ1) is 9.80. The zero-order valence-corrected chi connectivity index (χ0v) is 13.7. The van der Waals surface area contributed by atoms with Gasteiger partial charge in [-0.3, -0.25) is 9.10 Å². The number of halogens is 1. The molecule has 0 N–H and O–H groups in total. The van der Waals surface area contributed by atoms with Gasteiger partial charge in [0.2, 0.25) is 15.9 Å². The highest BCUT2D eigenvalue weighted by Gasteiger charge is 2.32. The zero-order chi connectivity index (χ0) is 15.6. The predicted molar refractivity (Wildman–Crippen MR) is 84.1 cm³/mol. The predicted octanol–water partition coefficient (Wildman–Crippen LogP) is 2.12. The summed E-state index contributed by atoms with van der Waals surface area (Å²) in [5, 5.41) is 0.432. The van der Waals surface area contributed by atoms with Crippen molar-refractivity contribution in [2.24, 2.45) is 0 Å². The fourth-order valence-corrected chi connectivity index (χ4v) is 3.96. The summed E-state index contributed by atoms with van der Waals surface area (Å²) in [6.45, 7) is 3.00. The van der Waals surface area contributed by atoms with Gasteiger partial charge in [-0.2, -0.15) is 0 Å². The highest BCUT2D eigenvalue weighted by molar-refractivity contribution is 7.92. The first kappa shape index (κ1) is 16.1. The molecule has 1 amide bonds. The Labute approximate surface area is 130 Å². The van der Waals surface area contributed by atoms with E-state index in [2.05, 4.69) is 0 Å². The molecule has 5 nitrogen and oxygen atoms in total. The number of amides is 1. The quantitative estimate of drug-likeness (QED) is 0.849. The molecule has 1 aromatic carbocycles. The lowest BCUT2D eigenvalue weighted by Gasteiger charge is -2.31. The summed E-state index contributed by atoms with van der Waals surface area (Å²) in [7, 11) is -3.58. The SMILES string of the molecule is C[C@H](C(=O)N1CCCC1)N(c1cccc(Cl)c1)S(C)(=O)=O. The summed E-state index contributed by atoms with van der Waals surface area (Å²) >= 11 is 5.93. The number of nitrogens with zero attached hydrogens (tertiary/aromatic N) is 2. The molecule has 0 radical (unpaired) electrons. The fraction of sp³-hybridized carbons (Fsp3) is 0.500. The van der Waals surface area contributed by atoms with Crippen LogP contribution >= 0.6 is 11.6 Å². The second-order valence-corrected chi connectivity index (χ2v) is 7.54. The van der Waals surface area contributed by atoms with Crippen LogP contribution in [0, 0.1) is 0 Å². The van der Waals surface area contributed by atoms with Crippen LogP contribution in [0.1, 0.15) is 19.8 Å². The van der Waals surface area contributed by atoms with Crippen LogP contribution in [0.15, 0.2) is 24.3 Å². The molecule has 1 fully saturated rings. The van der Waals surface area contributed by atoms with Gasteiger partial charge < -0.3 is 4.90 Å². The summed E-state index contributed by atoms with van der Waals surface area (Å²) in [6, 6.07) is 5.75. The van der Waals surface area contributed by atoms with E-state index in [9.17, 15) is 13.2 Å². The van der Waals surface area contributed by atoms with Crippen LogP contribution in [-0.2, 0) is 14.8 Å². The molecule has 0 aromatic heterocycles. The topological polar surface area (TPSA) is 57.7 Å². The van der Waals surface area contributed by atoms with Gasteiger partial charge in [-0.1, -0.05) is 17.7 Å². The molecule has 1 aromatic rings. The van der Waals surface area contributed by atoms with Crippen molar-refractivity contribution < 1.29 is 13.2 Å². The molecule has 0 bridgehead atoms. The van der Waals surface area contributed by atoms with Crippen molar-refractivity contribution in [3.8, 4) is 0 Å². The van der Waals surface area contributed by atoms with E-state index in [4.69, 9.17) is 11.6 Å². The van der Waals surface area contributed by atoms with Crippen LogP contribution < -0.4 is 4.31 Å². The van der Waals surface area contributed by atoms with Crippen LogP contribution in [0.5, 0.6) is 0 Å². The van der Waals surface area contributed by atoms with Gasteiger partial charge in [0.25, 0.3) is 0 Å². The van der Waals surface area contributed by atoms with E-state index in [1.165, 1.54) is 0 Å². The first-order valence-electron chi connectivity index (χ1n) is 6.84. The Morgan fingerprint density at radius 1 is 1.33 bits per heavy atom. The number of hydrogen-bond donors (Lipinski definition) is 0. The Kier molecular flexibility index (Phi) is 4.78. The minimum atomic E-state index is -3.58. The minimum Gasteiger partial charge on any atom is -0.341 e. The van der Waals surface area contributed by atoms with Gasteiger partial charge in [0.05, 0.1) is 11.9 Å². The summed E-state index contributed by atoms with van der Waals surface area (Å²) in [4.78, 5) is 14.2. The number of anilines is 1. The van der Waals surface area contributed by atoms with Crippen LogP contribution in [0.25, 0.3) is 0 Å². The number of benzene rings is 1. The van der Waals surface area contributed by atoms with Crippen LogP contribution in [0.2, 0.25) is 5.02 Å². The minimum absolute atomic E-state index is 0.169. The number of carbonyl (C=O) groups excluding carboxylic acids is 1. The normalized spacial score (nSPS) is 16.8. The van der Waals surface area contributed by atoms with Gasteiger partial charge in [0.15, 0.2) is 0 Å². The number of hydrogen-bond acceptors (Lipinski definition) is 3. The smallest absolute Gasteiger partial charge is 0.246 e. The van der Waals surface area contributed by atoms with E-state index in [0.717, 1.165) is 23.4 Å². The zero-order valence-electron chi connectivity index (χ0n) is 12.1. The third kappa shape index (κ3) is 3.68. The Morgan fingerprint density at radius 2 is 1.95 bits per heavy atom. The van der Waals surface area contributed by atoms with E-state index >= 15 is 0 Å². The van der Waals surface area contributed by atoms with Gasteiger partial charge >= 0.3 is 0 Å². The fourth-order valence-electron chi connectivity index (χ4n) is 2.62. The van der Waals surface area contributed by atoms with Crippen molar-refractivity contribution >= 4 is 33.2 Å². The van der Waals surface area contributed by atoms with E-state index in [1.807, 2.05) is 0 Å². The van der Waals surface area contributed by atoms with Gasteiger partial charge in [0.1, 0.15) is 6.04 Å². The summed E-state index contributed by atoms with van der Waals surface area (Å²) < 4.78 is 25.4. The lowest BCUT2D eigenvalue weighted by Crippen LogP contribution is -2.48. The number of carbonyl (C=O) groups is 1. The van der Waals surface area contributed by atoms with Gasteiger partial charge in [-0.25, -0.2) is 8.42 Å². The summed E-state index contributed by atoms with van der Waals surface area (Å²) in [5.74, 6) is -0.169. The average Bonchev–Trinajstić information content (AvgIpc) is 2.90. The van der Waals surface area contributed by atoms with E-state index in [-0.39, 0.29) is 5.91 Å². The van der Waals surface area contributed by atoms with E-state index in [0.29, 0.717) is 23.8 Å². The molecule has 0 unspecified atom stereocenters. The molecule has 0 saturated carbocycles. The molecule has 2 rings (SSSR count). The highest BCUT2D eigenvalue weighted by atomic mass is 35.5. The molecule has 1 aliphatic heterocycles. The maximum absolute atomic E-state index is 12.5. The van der Waals surface area contributed by atoms with Gasteiger partial charge in [-0.05, 0) is 38.0 Å². The van der Waals surface area contributed by atoms with Crippen LogP contribution in [-0.4, -0.2) is 44.6 Å². The molecule has 0 spiro atoms. The Hall–Kier alpha value is -1.27. The van der Waals surface area contributed by atoms with Gasteiger partial charge in [0, 0.05) is 18.1 Å². The van der Waals surface area contributed by atoms with Gasteiger partial charge in [-0.15, -0.1) is 0 Å². The molecule has 1 heterocycles. The van der Waals surface area contributed by atoms with Crippen LogP contribution in [0.3, 0.4) is 0 Å². The lowest BCUT2D eigenvalue weighted by molar-refractivity contribution is -0.130. The maximum Gasteiger partial charge on any atom is 0.246 e. The van der Waals surface area contributed by atoms with Crippen molar-refractivity contribution in [2.75, 3.05) is 23.7 Å². The summed E-state index contributed by atoms with van der Waals surface area (Å²) in [5.41, 5.74) is 0.407. The summed E-state index contributed by atoms with van der Waals surface area (Å²) in [6.07, 6.45) is 3.03. The molecule has 7 heteroatoms. The standard InChI is InChI=1S/C14H19ClN2O3S/c1-11(14(18)16-8-3-4-9-16)17(21(2,19)20)13-7-5-6-12(15)10-13/h5-7,10-11H,3-4,8-9H2,1-2H3/t11-/m1/s1. The molecular weight excluding hydrogens is 312 g/mol. The van der Waals surface area contributed by atoms with E-state index < -0.39 is 16.1 Å². The number of sulfonamides is 1. The van der Waals surface area contributed by atoms with Crippen molar-refractivity contribution in [2.45, 2.75) is 25.8 Å². The Morgan fingerprint density at radius 3 is 2.48 bits per heavy atom. The van der Waals surface area contributed by atoms with Crippen molar-refractivity contribution in [1.29, 1.82) is 0 Å². The lowest BCUT2D eigenvalue weighted by atomic mass is 10.2. The maximum atomic E-state index is 12.5. The average molecular weight is 331 g/mol. The molecule has 0 aliphatic carbocycles. The second kappa shape index (κ2) is 6.23. The monoisotopic (exact) mass is 330 g/mol. The number of likely N-dealkylation sites (tertiary alicyclic amines) is 1. The second-order valence-electron chi connectivity index (χ2n) is 5.25. The number of rotatable bonds is 4. The molecule has 21 heavy (non-hydrogen) atoms. The van der Waals surface area contributed by atoms with Crippen LogP contribution in [0.4, 0.5) is 5.69 Å². The van der Waals surface area contributed by atoms with Crippen molar-refractivity contribution in [3.63, 3.8) is 0 Å². The molecule has 1 saturated heterocycles. The molecule has 1 aliphatic rings. The van der Waals surface area contributed by atoms with Crippen molar-refractivity contribution in [3.05, 3.63) is 29.3 Å². The first-order valence-corrected chi connectivity index (χ1v) is 9.07. The van der Waals surface area contributed by atoms with E-state index in [1.54, 1.807) is 36.1 Å². The highest BCUT2D eigenvalue weighted by Crippen LogP contribution is 2.25. The molecule has 116 valence electrons. The Balaban J connectivity index is 2.34. The van der Waals surface area contributed by atoms with Crippen molar-refractivity contribution in [1.82, 2.24) is 4.90 Å². The molecular formula is C14H19ClN2O3S. The molecule has 1 atom stereocenters. The Bertz CT molecular complexity index is 627.